The van der Waals surface area contributed by atoms with Crippen LogP contribution in [0.2, 0.25) is 0 Å². The van der Waals surface area contributed by atoms with Crippen LogP contribution in [0, 0.1) is 0 Å². The molecule has 1 saturated carbocycles. The molecule has 1 unspecified atom stereocenters. The summed E-state index contributed by atoms with van der Waals surface area (Å²) in [5, 5.41) is 6.65. The maximum Gasteiger partial charge on any atom is 0.191 e. The highest BCUT2D eigenvalue weighted by atomic mass is 32.2. The lowest BCUT2D eigenvalue weighted by molar-refractivity contribution is 0.253. The summed E-state index contributed by atoms with van der Waals surface area (Å²) in [5.41, 5.74) is 1.57. The van der Waals surface area contributed by atoms with Gasteiger partial charge in [0.05, 0.1) is 17.3 Å². The number of hydrogen-bond acceptors (Lipinski definition) is 2. The van der Waals surface area contributed by atoms with Crippen molar-refractivity contribution in [3.05, 3.63) is 66.2 Å². The Hall–Kier alpha value is -2.14. The predicted molar refractivity (Wildman–Crippen MR) is 114 cm³/mol. The highest BCUT2D eigenvalue weighted by Crippen LogP contribution is 2.43. The number of aliphatic imine (C=N–C) groups is 1. The Labute approximate surface area is 165 Å². The molecule has 2 aromatic carbocycles. The normalized spacial score (nSPS) is 17.0. The van der Waals surface area contributed by atoms with Crippen LogP contribution >= 0.6 is 0 Å². The van der Waals surface area contributed by atoms with Crippen molar-refractivity contribution in [2.45, 2.75) is 36.5 Å². The minimum atomic E-state index is -0.990. The summed E-state index contributed by atoms with van der Waals surface area (Å²) >= 11 is 0. The second-order valence-electron chi connectivity index (χ2n) is 6.98. The zero-order valence-electron chi connectivity index (χ0n) is 16.0. The van der Waals surface area contributed by atoms with E-state index >= 15 is 0 Å². The Morgan fingerprint density at radius 2 is 1.70 bits per heavy atom. The molecular weight excluding hydrogens is 354 g/mol. The third-order valence-electron chi connectivity index (χ3n) is 5.17. The van der Waals surface area contributed by atoms with Crippen molar-refractivity contribution in [1.29, 1.82) is 0 Å². The molecule has 0 spiro atoms. The van der Waals surface area contributed by atoms with Crippen molar-refractivity contribution < 1.29 is 4.21 Å². The molecule has 0 aromatic heterocycles. The second-order valence-corrected chi connectivity index (χ2v) is 8.56. The molecule has 0 saturated heterocycles. The van der Waals surface area contributed by atoms with Crippen LogP contribution in [-0.4, -0.2) is 35.6 Å². The fourth-order valence-corrected chi connectivity index (χ4v) is 4.44. The minimum absolute atomic E-state index is 0.177. The molecule has 1 fully saturated rings. The number of guanidine groups is 1. The van der Waals surface area contributed by atoms with E-state index in [1.807, 2.05) is 30.3 Å². The van der Waals surface area contributed by atoms with E-state index in [2.05, 4.69) is 47.9 Å². The summed E-state index contributed by atoms with van der Waals surface area (Å²) in [4.78, 5) is 5.72. The van der Waals surface area contributed by atoms with Crippen molar-refractivity contribution in [3.8, 4) is 0 Å². The molecule has 27 heavy (non-hydrogen) atoms. The summed E-state index contributed by atoms with van der Waals surface area (Å²) in [7, 11) is -0.990. The van der Waals surface area contributed by atoms with Gasteiger partial charge in [-0.2, -0.15) is 0 Å². The molecule has 144 valence electrons. The van der Waals surface area contributed by atoms with Gasteiger partial charge in [-0.3, -0.25) is 9.20 Å². The number of benzene rings is 2. The fraction of sp³-hybridized carbons (Fsp3) is 0.409. The molecule has 1 aliphatic rings. The monoisotopic (exact) mass is 383 g/mol. The summed E-state index contributed by atoms with van der Waals surface area (Å²) in [6.45, 7) is 4.29. The maximum absolute atomic E-state index is 12.4. The Morgan fingerprint density at radius 1 is 1.04 bits per heavy atom. The van der Waals surface area contributed by atoms with Crippen LogP contribution in [0.3, 0.4) is 0 Å². The van der Waals surface area contributed by atoms with Crippen LogP contribution in [0.1, 0.15) is 31.7 Å². The van der Waals surface area contributed by atoms with Gasteiger partial charge in [-0.15, -0.1) is 0 Å². The first-order valence-corrected chi connectivity index (χ1v) is 11.1. The van der Waals surface area contributed by atoms with Gasteiger partial charge in [0.1, 0.15) is 0 Å². The van der Waals surface area contributed by atoms with E-state index < -0.39 is 10.8 Å². The molecule has 3 rings (SSSR count). The van der Waals surface area contributed by atoms with Gasteiger partial charge in [-0.1, -0.05) is 55.0 Å². The summed E-state index contributed by atoms with van der Waals surface area (Å²) in [5.74, 6) is 1.38. The first-order valence-electron chi connectivity index (χ1n) is 9.75. The first kappa shape index (κ1) is 19.6. The van der Waals surface area contributed by atoms with E-state index in [-0.39, 0.29) is 5.41 Å². The van der Waals surface area contributed by atoms with Gasteiger partial charge < -0.3 is 10.6 Å². The van der Waals surface area contributed by atoms with Gasteiger partial charge >= 0.3 is 0 Å². The van der Waals surface area contributed by atoms with E-state index in [9.17, 15) is 4.21 Å². The second kappa shape index (κ2) is 9.70. The van der Waals surface area contributed by atoms with Gasteiger partial charge in [0.15, 0.2) is 5.96 Å². The van der Waals surface area contributed by atoms with Crippen molar-refractivity contribution in [3.63, 3.8) is 0 Å². The summed E-state index contributed by atoms with van der Waals surface area (Å²) < 4.78 is 12.4. The van der Waals surface area contributed by atoms with Crippen molar-refractivity contribution in [1.82, 2.24) is 10.6 Å². The smallest absolute Gasteiger partial charge is 0.191 e. The minimum Gasteiger partial charge on any atom is -0.357 e. The standard InChI is InChI=1S/C22H29N3OS/c1-2-23-21(24-16-17-27(26)20-12-7-4-8-13-20)25-18-22(14-9-15-22)19-10-5-3-6-11-19/h3-8,10-13H,2,9,14-18H2,1H3,(H2,23,24,25). The molecule has 0 amide bonds. The summed E-state index contributed by atoms with van der Waals surface area (Å²) in [6, 6.07) is 20.3. The third kappa shape index (κ3) is 5.19. The van der Waals surface area contributed by atoms with E-state index in [0.29, 0.717) is 12.3 Å². The van der Waals surface area contributed by atoms with Crippen LogP contribution in [0.15, 0.2) is 70.6 Å². The SMILES string of the molecule is CCNC(=NCC1(c2ccccc2)CCC1)NCCS(=O)c1ccccc1. The van der Waals surface area contributed by atoms with Crippen LogP contribution in [-0.2, 0) is 16.2 Å². The van der Waals surface area contributed by atoms with Gasteiger partial charge in [-0.05, 0) is 37.5 Å². The Bertz CT molecular complexity index is 758. The molecule has 5 heteroatoms. The Balaban J connectivity index is 1.57. The lowest BCUT2D eigenvalue weighted by atomic mass is 9.64. The lowest BCUT2D eigenvalue weighted by Crippen LogP contribution is -2.42. The topological polar surface area (TPSA) is 53.5 Å². The van der Waals surface area contributed by atoms with Crippen molar-refractivity contribution >= 4 is 16.8 Å². The molecule has 1 atom stereocenters. The van der Waals surface area contributed by atoms with Gasteiger partial charge in [0, 0.05) is 29.2 Å². The molecule has 0 heterocycles. The van der Waals surface area contributed by atoms with Crippen LogP contribution in [0.5, 0.6) is 0 Å². The van der Waals surface area contributed by atoms with Gasteiger partial charge in [0.2, 0.25) is 0 Å². The molecule has 0 bridgehead atoms. The largest absolute Gasteiger partial charge is 0.357 e. The van der Waals surface area contributed by atoms with E-state index in [4.69, 9.17) is 4.99 Å². The van der Waals surface area contributed by atoms with Crippen LogP contribution in [0.25, 0.3) is 0 Å². The average Bonchev–Trinajstić information content (AvgIpc) is 2.68. The van der Waals surface area contributed by atoms with Gasteiger partial charge in [-0.25, -0.2) is 0 Å². The number of nitrogens with zero attached hydrogens (tertiary/aromatic N) is 1. The molecule has 1 aliphatic carbocycles. The molecule has 0 aliphatic heterocycles. The first-order chi connectivity index (χ1) is 13.2. The van der Waals surface area contributed by atoms with E-state index in [1.165, 1.54) is 24.8 Å². The fourth-order valence-electron chi connectivity index (χ4n) is 3.46. The van der Waals surface area contributed by atoms with E-state index in [0.717, 1.165) is 23.9 Å². The van der Waals surface area contributed by atoms with Crippen molar-refractivity contribution in [2.24, 2.45) is 4.99 Å². The molecular formula is C22H29N3OS. The predicted octanol–water partition coefficient (Wildman–Crippen LogP) is 3.47. The molecule has 2 aromatic rings. The maximum atomic E-state index is 12.4. The molecule has 2 N–H and O–H groups in total. The van der Waals surface area contributed by atoms with Crippen LogP contribution < -0.4 is 10.6 Å². The Kier molecular flexibility index (Phi) is 7.04. The number of nitrogens with one attached hydrogen (secondary N) is 2. The average molecular weight is 384 g/mol. The lowest BCUT2D eigenvalue weighted by Gasteiger charge is -2.41. The Morgan fingerprint density at radius 3 is 2.30 bits per heavy atom. The van der Waals surface area contributed by atoms with Crippen LogP contribution in [0.4, 0.5) is 0 Å². The highest BCUT2D eigenvalue weighted by molar-refractivity contribution is 7.85. The third-order valence-corrected chi connectivity index (χ3v) is 6.54. The quantitative estimate of drug-likeness (QED) is 0.542. The summed E-state index contributed by atoms with van der Waals surface area (Å²) in [6.07, 6.45) is 3.65. The molecule has 4 nitrogen and oxygen atoms in total. The number of rotatable bonds is 8. The molecule has 0 radical (unpaired) electrons. The van der Waals surface area contributed by atoms with E-state index in [1.54, 1.807) is 0 Å². The number of hydrogen-bond donors (Lipinski definition) is 2. The van der Waals surface area contributed by atoms with Gasteiger partial charge in [0.25, 0.3) is 0 Å². The zero-order chi connectivity index (χ0) is 19.0. The zero-order valence-corrected chi connectivity index (χ0v) is 16.8. The van der Waals surface area contributed by atoms with Crippen molar-refractivity contribution in [2.75, 3.05) is 25.4 Å². The highest BCUT2D eigenvalue weighted by Gasteiger charge is 2.38.